The molecule has 0 saturated carbocycles. The van der Waals surface area contributed by atoms with Gasteiger partial charge in [0.15, 0.2) is 5.84 Å². The normalized spacial score (nSPS) is 18.1. The molecular formula is C13H19N3O3S. The van der Waals surface area contributed by atoms with Gasteiger partial charge in [-0.25, -0.2) is 0 Å². The van der Waals surface area contributed by atoms with Crippen molar-refractivity contribution < 1.29 is 14.2 Å². The van der Waals surface area contributed by atoms with Crippen molar-refractivity contribution in [1.82, 2.24) is 4.90 Å². The zero-order valence-electron chi connectivity index (χ0n) is 11.4. The van der Waals surface area contributed by atoms with Crippen LogP contribution < -0.4 is 10.5 Å². The number of methoxy groups -OCH3 is 1. The first-order chi connectivity index (χ1) is 9.63. The van der Waals surface area contributed by atoms with Crippen molar-refractivity contribution in [3.63, 3.8) is 0 Å². The standard InChI is InChI=1S/C13H19N3O3S/c1-19-12-8-10(2-3-11(12)13(14)15-17)9-16-4-6-20(18)7-5-16/h2-3,8,17H,4-7,9H2,1H3,(H2,14,15). The van der Waals surface area contributed by atoms with Crippen molar-refractivity contribution in [2.75, 3.05) is 31.7 Å². The molecule has 7 heteroatoms. The maximum absolute atomic E-state index is 11.3. The Labute approximate surface area is 120 Å². The van der Waals surface area contributed by atoms with Crippen LogP contribution in [0.2, 0.25) is 0 Å². The summed E-state index contributed by atoms with van der Waals surface area (Å²) in [7, 11) is 0.890. The number of amidine groups is 1. The fourth-order valence-electron chi connectivity index (χ4n) is 2.19. The Bertz CT molecular complexity index is 524. The number of hydrogen-bond donors (Lipinski definition) is 2. The lowest BCUT2D eigenvalue weighted by atomic mass is 10.1. The van der Waals surface area contributed by atoms with Gasteiger partial charge in [-0.2, -0.15) is 0 Å². The van der Waals surface area contributed by atoms with Crippen LogP contribution in [0.15, 0.2) is 23.4 Å². The highest BCUT2D eigenvalue weighted by atomic mass is 32.2. The van der Waals surface area contributed by atoms with Crippen LogP contribution in [0, 0.1) is 0 Å². The second-order valence-electron chi connectivity index (χ2n) is 4.64. The Morgan fingerprint density at radius 1 is 1.50 bits per heavy atom. The summed E-state index contributed by atoms with van der Waals surface area (Å²) in [4.78, 5) is 2.26. The first kappa shape index (κ1) is 14.8. The monoisotopic (exact) mass is 297 g/mol. The zero-order valence-corrected chi connectivity index (χ0v) is 12.2. The summed E-state index contributed by atoms with van der Waals surface area (Å²) in [5.41, 5.74) is 7.25. The Morgan fingerprint density at radius 2 is 2.20 bits per heavy atom. The van der Waals surface area contributed by atoms with Crippen LogP contribution in [0.4, 0.5) is 0 Å². The van der Waals surface area contributed by atoms with Gasteiger partial charge in [-0.05, 0) is 17.7 Å². The van der Waals surface area contributed by atoms with Crippen LogP contribution in [0.25, 0.3) is 0 Å². The molecule has 1 fully saturated rings. The van der Waals surface area contributed by atoms with Crippen LogP contribution in [-0.2, 0) is 17.3 Å². The van der Waals surface area contributed by atoms with E-state index in [0.717, 1.165) is 36.7 Å². The molecule has 1 saturated heterocycles. The molecule has 20 heavy (non-hydrogen) atoms. The highest BCUT2D eigenvalue weighted by molar-refractivity contribution is 7.85. The molecule has 3 N–H and O–H groups in total. The molecule has 0 unspecified atom stereocenters. The van der Waals surface area contributed by atoms with Crippen LogP contribution in [0.3, 0.4) is 0 Å². The molecule has 1 aliphatic rings. The van der Waals surface area contributed by atoms with Crippen molar-refractivity contribution in [2.24, 2.45) is 10.9 Å². The molecule has 1 aromatic carbocycles. The Kier molecular flexibility index (Phi) is 4.97. The third-order valence-electron chi connectivity index (χ3n) is 3.33. The van der Waals surface area contributed by atoms with Crippen LogP contribution >= 0.6 is 0 Å². The van der Waals surface area contributed by atoms with E-state index in [-0.39, 0.29) is 5.84 Å². The van der Waals surface area contributed by atoms with E-state index in [9.17, 15) is 4.21 Å². The summed E-state index contributed by atoms with van der Waals surface area (Å²) in [5.74, 6) is 2.08. The van der Waals surface area contributed by atoms with E-state index in [1.54, 1.807) is 13.2 Å². The van der Waals surface area contributed by atoms with Crippen LogP contribution in [0.5, 0.6) is 5.75 Å². The third-order valence-corrected chi connectivity index (χ3v) is 4.60. The molecule has 0 aromatic heterocycles. The highest BCUT2D eigenvalue weighted by Crippen LogP contribution is 2.21. The van der Waals surface area contributed by atoms with E-state index in [2.05, 4.69) is 10.1 Å². The number of benzene rings is 1. The van der Waals surface area contributed by atoms with Gasteiger partial charge in [0.25, 0.3) is 0 Å². The SMILES string of the molecule is COc1cc(CN2CCS(=O)CC2)ccc1/C(N)=N/O. The first-order valence-electron chi connectivity index (χ1n) is 6.36. The highest BCUT2D eigenvalue weighted by Gasteiger charge is 2.16. The van der Waals surface area contributed by atoms with Gasteiger partial charge in [-0.1, -0.05) is 11.2 Å². The van der Waals surface area contributed by atoms with E-state index in [1.807, 2.05) is 12.1 Å². The van der Waals surface area contributed by atoms with Gasteiger partial charge in [-0.15, -0.1) is 0 Å². The number of rotatable bonds is 4. The third kappa shape index (κ3) is 3.49. The average Bonchev–Trinajstić information content (AvgIpc) is 2.48. The smallest absolute Gasteiger partial charge is 0.173 e. The zero-order chi connectivity index (χ0) is 14.5. The fraction of sp³-hybridized carbons (Fsp3) is 0.462. The molecule has 1 aliphatic heterocycles. The van der Waals surface area contributed by atoms with Gasteiger partial charge in [0, 0.05) is 41.9 Å². The molecule has 6 nitrogen and oxygen atoms in total. The van der Waals surface area contributed by atoms with Crippen molar-refractivity contribution in [2.45, 2.75) is 6.54 Å². The van der Waals surface area contributed by atoms with Crippen LogP contribution in [-0.4, -0.2) is 51.9 Å². The summed E-state index contributed by atoms with van der Waals surface area (Å²) < 4.78 is 16.6. The molecule has 1 heterocycles. The van der Waals surface area contributed by atoms with Crippen LogP contribution in [0.1, 0.15) is 11.1 Å². The largest absolute Gasteiger partial charge is 0.496 e. The minimum atomic E-state index is -0.662. The Hall–Kier alpha value is -1.60. The summed E-state index contributed by atoms with van der Waals surface area (Å²) >= 11 is 0. The van der Waals surface area contributed by atoms with E-state index >= 15 is 0 Å². The molecule has 0 aliphatic carbocycles. The Balaban J connectivity index is 2.11. The second-order valence-corrected chi connectivity index (χ2v) is 6.34. The van der Waals surface area contributed by atoms with E-state index < -0.39 is 10.8 Å². The van der Waals surface area contributed by atoms with E-state index in [0.29, 0.717) is 11.3 Å². The maximum Gasteiger partial charge on any atom is 0.173 e. The van der Waals surface area contributed by atoms with Gasteiger partial charge in [0.2, 0.25) is 0 Å². The molecule has 0 radical (unpaired) electrons. The molecule has 1 aromatic rings. The second kappa shape index (κ2) is 6.71. The summed E-state index contributed by atoms with van der Waals surface area (Å²) in [6, 6.07) is 5.60. The van der Waals surface area contributed by atoms with Crippen molar-refractivity contribution >= 4 is 16.6 Å². The number of hydrogen-bond acceptors (Lipinski definition) is 5. The molecule has 110 valence electrons. The molecule has 0 atom stereocenters. The minimum absolute atomic E-state index is 0.0294. The number of ether oxygens (including phenoxy) is 1. The minimum Gasteiger partial charge on any atom is -0.496 e. The van der Waals surface area contributed by atoms with Crippen molar-refractivity contribution in [3.8, 4) is 5.75 Å². The quantitative estimate of drug-likeness (QED) is 0.362. The van der Waals surface area contributed by atoms with E-state index in [4.69, 9.17) is 15.7 Å². The predicted molar refractivity (Wildman–Crippen MR) is 78.7 cm³/mol. The van der Waals surface area contributed by atoms with E-state index in [1.165, 1.54) is 0 Å². The Morgan fingerprint density at radius 3 is 2.80 bits per heavy atom. The van der Waals surface area contributed by atoms with Crippen molar-refractivity contribution in [1.29, 1.82) is 0 Å². The molecule has 0 amide bonds. The van der Waals surface area contributed by atoms with Gasteiger partial charge >= 0.3 is 0 Å². The summed E-state index contributed by atoms with van der Waals surface area (Å²) in [6.45, 7) is 2.47. The maximum atomic E-state index is 11.3. The summed E-state index contributed by atoms with van der Waals surface area (Å²) in [6.07, 6.45) is 0. The average molecular weight is 297 g/mol. The molecule has 0 spiro atoms. The number of oxime groups is 1. The fourth-order valence-corrected chi connectivity index (χ4v) is 3.32. The first-order valence-corrected chi connectivity index (χ1v) is 7.85. The lowest BCUT2D eigenvalue weighted by Gasteiger charge is -2.26. The van der Waals surface area contributed by atoms with Crippen molar-refractivity contribution in [3.05, 3.63) is 29.3 Å². The number of nitrogens with two attached hydrogens (primary N) is 1. The van der Waals surface area contributed by atoms with Gasteiger partial charge in [0.1, 0.15) is 5.75 Å². The topological polar surface area (TPSA) is 88.2 Å². The molecular weight excluding hydrogens is 278 g/mol. The summed E-state index contributed by atoms with van der Waals surface area (Å²) in [5, 5.41) is 11.7. The predicted octanol–water partition coefficient (Wildman–Crippen LogP) is 0.354. The number of nitrogens with zero attached hydrogens (tertiary/aromatic N) is 2. The lowest BCUT2D eigenvalue weighted by molar-refractivity contribution is 0.291. The molecule has 2 rings (SSSR count). The lowest BCUT2D eigenvalue weighted by Crippen LogP contribution is -2.37. The van der Waals surface area contributed by atoms with Gasteiger partial charge < -0.3 is 15.7 Å². The molecule has 0 bridgehead atoms. The van der Waals surface area contributed by atoms with Gasteiger partial charge in [-0.3, -0.25) is 9.11 Å². The van der Waals surface area contributed by atoms with Gasteiger partial charge in [0.05, 0.1) is 12.7 Å².